The molecule has 4 nitrogen and oxygen atoms in total. The molecule has 0 rings (SSSR count). The monoisotopic (exact) mass is 406 g/mol. The van der Waals surface area contributed by atoms with E-state index in [1.807, 2.05) is 0 Å². The summed E-state index contributed by atoms with van der Waals surface area (Å²) >= 11 is 0. The Labute approximate surface area is 169 Å². The van der Waals surface area contributed by atoms with Crippen LogP contribution in [0.25, 0.3) is 0 Å². The predicted octanol–water partition coefficient (Wildman–Crippen LogP) is 6.25. The molecule has 164 valence electrons. The Balaban J connectivity index is 5.34. The van der Waals surface area contributed by atoms with Gasteiger partial charge in [0.2, 0.25) is 0 Å². The fraction of sp³-hybridized carbons (Fsp3) is 0.955. The average Bonchev–Trinajstić information content (AvgIpc) is 2.68. The zero-order valence-corrected chi connectivity index (χ0v) is 19.8. The summed E-state index contributed by atoms with van der Waals surface area (Å²) in [5.74, 6) is -0.0375. The van der Waals surface area contributed by atoms with Gasteiger partial charge in [0.15, 0.2) is 0 Å². The van der Waals surface area contributed by atoms with Crippen molar-refractivity contribution in [3.8, 4) is 0 Å². The van der Waals surface area contributed by atoms with Crippen LogP contribution in [0.15, 0.2) is 0 Å². The van der Waals surface area contributed by atoms with Gasteiger partial charge in [-0.05, 0) is 0 Å². The van der Waals surface area contributed by atoms with Gasteiger partial charge in [-0.1, -0.05) is 0 Å². The molecule has 0 heterocycles. The van der Waals surface area contributed by atoms with Gasteiger partial charge >= 0.3 is 169 Å². The van der Waals surface area contributed by atoms with Crippen molar-refractivity contribution in [3.63, 3.8) is 0 Å². The molecular weight excluding hydrogens is 359 g/mol. The number of carbonyl (C=O) groups excluding carboxylic acids is 1. The van der Waals surface area contributed by atoms with Gasteiger partial charge in [-0.3, -0.25) is 0 Å². The molecule has 0 fully saturated rings. The molecule has 0 saturated carbocycles. The Kier molecular flexibility index (Phi) is 15.6. The van der Waals surface area contributed by atoms with Gasteiger partial charge in [0.25, 0.3) is 0 Å². The van der Waals surface area contributed by atoms with Gasteiger partial charge in [-0.25, -0.2) is 0 Å². The standard InChI is InChI=1S/C22H47O4P/c1-6-10-18-27(19-11-7-2,20-12-8-3,21-13-9-4)26-22(23)14-15-25-17-16-24-5/h6-21H2,1-5H3. The maximum atomic E-state index is 12.8. The second kappa shape index (κ2) is 15.7. The zero-order valence-electron chi connectivity index (χ0n) is 18.9. The summed E-state index contributed by atoms with van der Waals surface area (Å²) in [4.78, 5) is 12.8. The number of rotatable bonds is 19. The van der Waals surface area contributed by atoms with Gasteiger partial charge in [0, 0.05) is 0 Å². The molecule has 0 bridgehead atoms. The van der Waals surface area contributed by atoms with E-state index >= 15 is 0 Å². The minimum absolute atomic E-state index is 0.0375. The number of hydrogen-bond acceptors (Lipinski definition) is 4. The van der Waals surface area contributed by atoms with Crippen LogP contribution in [-0.2, 0) is 18.8 Å². The molecule has 0 aliphatic rings. The van der Waals surface area contributed by atoms with Crippen LogP contribution in [0.2, 0.25) is 0 Å². The molecular formula is C22H47O4P. The van der Waals surface area contributed by atoms with Crippen molar-refractivity contribution >= 4 is 12.8 Å². The molecule has 0 N–H and O–H groups in total. The van der Waals surface area contributed by atoms with Gasteiger partial charge in [-0.15, -0.1) is 0 Å². The van der Waals surface area contributed by atoms with Gasteiger partial charge in [0.1, 0.15) is 0 Å². The number of hydrogen-bond donors (Lipinski definition) is 0. The topological polar surface area (TPSA) is 44.8 Å². The number of carbonyl (C=O) groups is 1. The van der Waals surface area contributed by atoms with E-state index in [4.69, 9.17) is 14.0 Å². The Hall–Kier alpha value is -0.180. The van der Waals surface area contributed by atoms with Gasteiger partial charge in [-0.2, -0.15) is 0 Å². The van der Waals surface area contributed by atoms with Gasteiger partial charge < -0.3 is 0 Å². The first-order valence-electron chi connectivity index (χ1n) is 11.3. The summed E-state index contributed by atoms with van der Waals surface area (Å²) in [7, 11) is 1.66. The first-order valence-corrected chi connectivity index (χ1v) is 14.2. The molecule has 0 aromatic heterocycles. The van der Waals surface area contributed by atoms with Gasteiger partial charge in [0.05, 0.1) is 0 Å². The molecule has 0 spiro atoms. The summed E-state index contributed by atoms with van der Waals surface area (Å²) in [6, 6.07) is 0. The molecule has 0 radical (unpaired) electrons. The number of unbranched alkanes of at least 4 members (excludes halogenated alkanes) is 4. The van der Waals surface area contributed by atoms with Crippen LogP contribution in [0.5, 0.6) is 0 Å². The predicted molar refractivity (Wildman–Crippen MR) is 119 cm³/mol. The molecule has 27 heavy (non-hydrogen) atoms. The Bertz CT molecular complexity index is 330. The first-order chi connectivity index (χ1) is 13.0. The molecule has 0 aliphatic carbocycles. The molecule has 0 aromatic rings. The SMILES string of the molecule is CCCCP(CCCC)(CCCC)(CCCC)OC(=O)CCOCCOC. The third-order valence-electron chi connectivity index (χ3n) is 5.55. The van der Waals surface area contributed by atoms with Crippen molar-refractivity contribution in [1.29, 1.82) is 0 Å². The van der Waals surface area contributed by atoms with Crippen molar-refractivity contribution in [3.05, 3.63) is 0 Å². The van der Waals surface area contributed by atoms with Crippen LogP contribution in [-0.4, -0.2) is 57.5 Å². The molecule has 0 unspecified atom stereocenters. The van der Waals surface area contributed by atoms with E-state index in [9.17, 15) is 4.79 Å². The van der Waals surface area contributed by atoms with Crippen LogP contribution in [0.1, 0.15) is 85.5 Å². The summed E-state index contributed by atoms with van der Waals surface area (Å²) in [5.41, 5.74) is 0. The molecule has 0 atom stereocenters. The number of ether oxygens (including phenoxy) is 2. The average molecular weight is 407 g/mol. The van der Waals surface area contributed by atoms with Crippen LogP contribution in [0.3, 0.4) is 0 Å². The van der Waals surface area contributed by atoms with Crippen LogP contribution in [0, 0.1) is 0 Å². The van der Waals surface area contributed by atoms with E-state index in [0.717, 1.165) is 24.6 Å². The molecule has 0 aromatic carbocycles. The van der Waals surface area contributed by atoms with E-state index in [-0.39, 0.29) is 5.97 Å². The third-order valence-corrected chi connectivity index (χ3v) is 12.1. The maximum absolute atomic E-state index is 12.8. The third kappa shape index (κ3) is 10.8. The minimum atomic E-state index is -2.49. The quantitative estimate of drug-likeness (QED) is 0.188. The molecule has 0 saturated heterocycles. The fourth-order valence-electron chi connectivity index (χ4n) is 3.82. The second-order valence-electron chi connectivity index (χ2n) is 7.99. The van der Waals surface area contributed by atoms with E-state index in [0.29, 0.717) is 26.2 Å². The molecule has 0 amide bonds. The Morgan fingerprint density at radius 3 is 1.52 bits per heavy atom. The van der Waals surface area contributed by atoms with Crippen molar-refractivity contribution < 1.29 is 18.8 Å². The summed E-state index contributed by atoms with van der Waals surface area (Å²) in [6.07, 6.45) is 14.2. The van der Waals surface area contributed by atoms with Crippen LogP contribution in [0.4, 0.5) is 0 Å². The Morgan fingerprint density at radius 1 is 0.704 bits per heavy atom. The van der Waals surface area contributed by atoms with Crippen molar-refractivity contribution in [2.75, 3.05) is 51.6 Å². The summed E-state index contributed by atoms with van der Waals surface area (Å²) in [5, 5.41) is 0. The fourth-order valence-corrected chi connectivity index (χ4v) is 10.7. The van der Waals surface area contributed by atoms with Crippen molar-refractivity contribution in [2.45, 2.75) is 85.5 Å². The summed E-state index contributed by atoms with van der Waals surface area (Å²) in [6.45, 7) is 8.02. The van der Waals surface area contributed by atoms with E-state index < -0.39 is 6.83 Å². The van der Waals surface area contributed by atoms with Crippen molar-refractivity contribution in [1.82, 2.24) is 0 Å². The van der Waals surface area contributed by atoms with E-state index in [1.54, 1.807) is 7.11 Å². The van der Waals surface area contributed by atoms with E-state index in [2.05, 4.69) is 27.7 Å². The normalized spacial score (nSPS) is 13.3. The molecule has 5 heteroatoms. The number of methoxy groups -OCH3 is 1. The first kappa shape index (κ1) is 26.8. The second-order valence-corrected chi connectivity index (χ2v) is 13.7. The Morgan fingerprint density at radius 2 is 1.15 bits per heavy atom. The molecule has 0 aliphatic heterocycles. The van der Waals surface area contributed by atoms with E-state index in [1.165, 1.54) is 51.4 Å². The van der Waals surface area contributed by atoms with Crippen LogP contribution < -0.4 is 0 Å². The summed E-state index contributed by atoms with van der Waals surface area (Å²) < 4.78 is 17.1. The zero-order chi connectivity index (χ0) is 20.5. The van der Waals surface area contributed by atoms with Crippen molar-refractivity contribution in [2.24, 2.45) is 0 Å². The van der Waals surface area contributed by atoms with Crippen LogP contribution >= 0.6 is 6.83 Å².